The minimum Gasteiger partial charge on any atom is -0.393 e. The molecule has 0 spiro atoms. The number of aliphatic hydroxyl groups is 2. The maximum atomic E-state index is 12.1. The largest absolute Gasteiger partial charge is 0.393 e. The summed E-state index contributed by atoms with van der Waals surface area (Å²) in [6.07, 6.45) is 10.1. The van der Waals surface area contributed by atoms with E-state index < -0.39 is 0 Å². The van der Waals surface area contributed by atoms with Crippen molar-refractivity contribution in [1.29, 1.82) is 0 Å². The first-order valence-corrected chi connectivity index (χ1v) is 12.6. The van der Waals surface area contributed by atoms with Gasteiger partial charge in [-0.05, 0) is 104 Å². The number of carbonyl (C=O) groups excluding carboxylic acids is 1. The Hall–Kier alpha value is -0.610. The molecule has 30 heavy (non-hydrogen) atoms. The maximum Gasteiger partial charge on any atom is 0.222 e. The van der Waals surface area contributed by atoms with Crippen molar-refractivity contribution in [2.45, 2.75) is 97.2 Å². The fourth-order valence-electron chi connectivity index (χ4n) is 9.03. The second-order valence-electron chi connectivity index (χ2n) is 12.3. The molecule has 0 aromatic rings. The van der Waals surface area contributed by atoms with E-state index in [1.807, 2.05) is 14.1 Å². The second kappa shape index (κ2) is 8.06. The number of fused-ring (bicyclic) bond motifs is 5. The van der Waals surface area contributed by atoms with Gasteiger partial charge in [-0.2, -0.15) is 0 Å². The number of nitrogens with zero attached hydrogens (tertiary/aromatic N) is 1. The topological polar surface area (TPSA) is 60.8 Å². The van der Waals surface area contributed by atoms with Crippen molar-refractivity contribution in [3.05, 3.63) is 0 Å². The number of rotatable bonds is 4. The van der Waals surface area contributed by atoms with Gasteiger partial charge in [-0.25, -0.2) is 0 Å². The van der Waals surface area contributed by atoms with Crippen LogP contribution in [0.5, 0.6) is 0 Å². The van der Waals surface area contributed by atoms with Crippen molar-refractivity contribution in [3.63, 3.8) is 0 Å². The monoisotopic (exact) mass is 419 g/mol. The third kappa shape index (κ3) is 3.54. The first kappa shape index (κ1) is 22.6. The summed E-state index contributed by atoms with van der Waals surface area (Å²) in [5.41, 5.74) is 0.559. The summed E-state index contributed by atoms with van der Waals surface area (Å²) in [5, 5.41) is 21.4. The standard InChI is InChI=1S/C26H45NO3/c1-16(6-9-24(30)27(4)5)19-7-8-20-18-15-23(29)22-14-17(28)10-12-26(22,3)21(18)11-13-25(19,20)2/h16-23,28-29H,6-15H2,1-5H3/t16?,17-,18-,19+,20-,21-,22+,23+,25+,26+/m0/s1. The molecule has 4 aliphatic carbocycles. The van der Waals surface area contributed by atoms with Gasteiger partial charge in [-0.15, -0.1) is 0 Å². The minimum absolute atomic E-state index is 0.199. The Bertz CT molecular complexity index is 650. The third-order valence-electron chi connectivity index (χ3n) is 10.7. The molecule has 4 aliphatic rings. The van der Waals surface area contributed by atoms with Crippen molar-refractivity contribution in [2.24, 2.45) is 46.3 Å². The predicted molar refractivity (Wildman–Crippen MR) is 120 cm³/mol. The molecule has 0 heterocycles. The molecule has 1 amide bonds. The van der Waals surface area contributed by atoms with Crippen LogP contribution >= 0.6 is 0 Å². The molecule has 0 aromatic heterocycles. The van der Waals surface area contributed by atoms with Gasteiger partial charge in [-0.3, -0.25) is 4.79 Å². The number of hydrogen-bond acceptors (Lipinski definition) is 3. The highest BCUT2D eigenvalue weighted by atomic mass is 16.3. The van der Waals surface area contributed by atoms with E-state index in [0.717, 1.165) is 32.1 Å². The van der Waals surface area contributed by atoms with Crippen LogP contribution in [-0.4, -0.2) is 47.3 Å². The minimum atomic E-state index is -0.247. The lowest BCUT2D eigenvalue weighted by Gasteiger charge is -2.62. The molecular weight excluding hydrogens is 374 g/mol. The fraction of sp³-hybridized carbons (Fsp3) is 0.962. The van der Waals surface area contributed by atoms with Gasteiger partial charge < -0.3 is 15.1 Å². The van der Waals surface area contributed by atoms with E-state index in [2.05, 4.69) is 20.8 Å². The molecule has 0 aromatic carbocycles. The lowest BCUT2D eigenvalue weighted by molar-refractivity contribution is -0.172. The highest BCUT2D eigenvalue weighted by Crippen LogP contribution is 2.68. The Morgan fingerprint density at radius 1 is 0.967 bits per heavy atom. The molecule has 10 atom stereocenters. The molecule has 0 aliphatic heterocycles. The van der Waals surface area contributed by atoms with Crippen molar-refractivity contribution in [3.8, 4) is 0 Å². The van der Waals surface area contributed by atoms with Crippen LogP contribution in [0.25, 0.3) is 0 Å². The zero-order valence-electron chi connectivity index (χ0n) is 19.9. The Kier molecular flexibility index (Phi) is 6.07. The molecule has 4 heteroatoms. The van der Waals surface area contributed by atoms with Gasteiger partial charge in [0.2, 0.25) is 5.91 Å². The molecule has 172 valence electrons. The summed E-state index contributed by atoms with van der Waals surface area (Å²) in [5.74, 6) is 3.87. The number of amides is 1. The van der Waals surface area contributed by atoms with Gasteiger partial charge in [0, 0.05) is 20.5 Å². The van der Waals surface area contributed by atoms with Crippen LogP contribution in [0.2, 0.25) is 0 Å². The van der Waals surface area contributed by atoms with Crippen molar-refractivity contribution in [2.75, 3.05) is 14.1 Å². The van der Waals surface area contributed by atoms with Crippen LogP contribution in [-0.2, 0) is 4.79 Å². The predicted octanol–water partition coefficient (Wildman–Crippen LogP) is 4.48. The fourth-order valence-corrected chi connectivity index (χ4v) is 9.03. The van der Waals surface area contributed by atoms with Gasteiger partial charge in [0.25, 0.3) is 0 Å². The normalized spacial score (nSPS) is 49.0. The van der Waals surface area contributed by atoms with Crippen LogP contribution in [0.4, 0.5) is 0 Å². The molecule has 0 saturated heterocycles. The second-order valence-corrected chi connectivity index (χ2v) is 12.3. The van der Waals surface area contributed by atoms with E-state index in [1.165, 1.54) is 25.7 Å². The van der Waals surface area contributed by atoms with Crippen molar-refractivity contribution >= 4 is 5.91 Å². The van der Waals surface area contributed by atoms with Crippen molar-refractivity contribution < 1.29 is 15.0 Å². The highest BCUT2D eigenvalue weighted by molar-refractivity contribution is 5.75. The molecular formula is C26H45NO3. The smallest absolute Gasteiger partial charge is 0.222 e. The molecule has 4 rings (SSSR count). The summed E-state index contributed by atoms with van der Waals surface area (Å²) in [6.45, 7) is 7.36. The molecule has 4 saturated carbocycles. The van der Waals surface area contributed by atoms with Gasteiger partial charge in [0.05, 0.1) is 12.2 Å². The van der Waals surface area contributed by atoms with E-state index in [1.54, 1.807) is 4.90 Å². The quantitative estimate of drug-likeness (QED) is 0.706. The van der Waals surface area contributed by atoms with E-state index in [9.17, 15) is 15.0 Å². The van der Waals surface area contributed by atoms with E-state index in [-0.39, 0.29) is 29.4 Å². The average molecular weight is 420 g/mol. The van der Waals surface area contributed by atoms with Crippen LogP contribution in [0, 0.1) is 46.3 Å². The first-order chi connectivity index (χ1) is 14.1. The molecule has 1 unspecified atom stereocenters. The van der Waals surface area contributed by atoms with Gasteiger partial charge >= 0.3 is 0 Å². The zero-order valence-corrected chi connectivity index (χ0v) is 19.9. The van der Waals surface area contributed by atoms with Gasteiger partial charge in [0.15, 0.2) is 0 Å². The van der Waals surface area contributed by atoms with E-state index >= 15 is 0 Å². The van der Waals surface area contributed by atoms with E-state index in [4.69, 9.17) is 0 Å². The maximum absolute atomic E-state index is 12.1. The number of aliphatic hydroxyl groups excluding tert-OH is 2. The van der Waals surface area contributed by atoms with Gasteiger partial charge in [-0.1, -0.05) is 20.8 Å². The summed E-state index contributed by atoms with van der Waals surface area (Å²) in [7, 11) is 3.71. The van der Waals surface area contributed by atoms with Crippen LogP contribution in [0.1, 0.15) is 85.0 Å². The summed E-state index contributed by atoms with van der Waals surface area (Å²) in [6, 6.07) is 0. The van der Waals surface area contributed by atoms with Gasteiger partial charge in [0.1, 0.15) is 0 Å². The molecule has 2 N–H and O–H groups in total. The Balaban J connectivity index is 1.50. The summed E-state index contributed by atoms with van der Waals surface area (Å²) in [4.78, 5) is 13.8. The van der Waals surface area contributed by atoms with Crippen LogP contribution in [0.15, 0.2) is 0 Å². The first-order valence-electron chi connectivity index (χ1n) is 12.6. The Morgan fingerprint density at radius 3 is 2.33 bits per heavy atom. The number of hydrogen-bond donors (Lipinski definition) is 2. The Morgan fingerprint density at radius 2 is 1.63 bits per heavy atom. The molecule has 0 radical (unpaired) electrons. The summed E-state index contributed by atoms with van der Waals surface area (Å²) >= 11 is 0. The van der Waals surface area contributed by atoms with Crippen LogP contribution in [0.3, 0.4) is 0 Å². The van der Waals surface area contributed by atoms with E-state index in [0.29, 0.717) is 41.4 Å². The van der Waals surface area contributed by atoms with Crippen LogP contribution < -0.4 is 0 Å². The lowest BCUT2D eigenvalue weighted by atomic mass is 9.44. The third-order valence-corrected chi connectivity index (χ3v) is 10.7. The molecule has 4 nitrogen and oxygen atoms in total. The highest BCUT2D eigenvalue weighted by Gasteiger charge is 2.62. The molecule has 4 fully saturated rings. The molecule has 0 bridgehead atoms. The number of carbonyl (C=O) groups is 1. The SMILES string of the molecule is CC(CCC(=O)N(C)C)[C@H]1CC[C@H]2[C@@H]3C[C@@H](O)[C@H]4C[C@@H](O)CC[C@]4(C)[C@H]3CC[C@]12C. The lowest BCUT2D eigenvalue weighted by Crippen LogP contribution is -2.58. The average Bonchev–Trinajstić information content (AvgIpc) is 3.04. The van der Waals surface area contributed by atoms with Crippen molar-refractivity contribution in [1.82, 2.24) is 4.90 Å². The summed E-state index contributed by atoms with van der Waals surface area (Å²) < 4.78 is 0. The Labute approximate surface area is 183 Å². The zero-order chi connectivity index (χ0) is 21.8.